The number of alkyl halides is 1. The Morgan fingerprint density at radius 1 is 1.11 bits per heavy atom. The van der Waals surface area contributed by atoms with E-state index in [0.717, 1.165) is 59.1 Å². The summed E-state index contributed by atoms with van der Waals surface area (Å²) in [6.45, 7) is 4.98. The zero-order valence-corrected chi connectivity index (χ0v) is 20.5. The molecule has 186 valence electrons. The first kappa shape index (κ1) is 24.1. The van der Waals surface area contributed by atoms with Crippen LogP contribution in [0.4, 0.5) is 10.2 Å². The second-order valence-electron chi connectivity index (χ2n) is 9.07. The van der Waals surface area contributed by atoms with E-state index in [0.29, 0.717) is 26.2 Å². The highest BCUT2D eigenvalue weighted by Gasteiger charge is 2.28. The van der Waals surface area contributed by atoms with Gasteiger partial charge in [-0.05, 0) is 17.5 Å². The molecule has 1 fully saturated rings. The van der Waals surface area contributed by atoms with Crippen molar-refractivity contribution in [1.82, 2.24) is 24.7 Å². The lowest BCUT2D eigenvalue weighted by Crippen LogP contribution is -2.50. The molecule has 1 aromatic carbocycles. The van der Waals surface area contributed by atoms with Crippen molar-refractivity contribution in [3.05, 3.63) is 52.7 Å². The lowest BCUT2D eigenvalue weighted by Gasteiger charge is -2.35. The molecule has 0 aliphatic carbocycles. The topological polar surface area (TPSA) is 84.8 Å². The predicted molar refractivity (Wildman–Crippen MR) is 135 cm³/mol. The highest BCUT2D eigenvalue weighted by Crippen LogP contribution is 2.38. The molecule has 0 saturated carbocycles. The fourth-order valence-electron chi connectivity index (χ4n) is 4.92. The molecule has 10 heteroatoms. The summed E-state index contributed by atoms with van der Waals surface area (Å²) in [6.07, 6.45) is 2.31. The standard InChI is InChI=1S/C25H31FN6O2S/c26-7-9-30-10-12-31(13-11-30)15-22(34)32-8-6-19-21(14-32)35-25-23(19)24(27-17-28-25)29-20(16-33)18-4-2-1-3-5-18/h1-5,17,20,33H,6-16H2,(H,27,28,29)/t20-/m1/s1. The minimum absolute atomic E-state index is 0.0494. The summed E-state index contributed by atoms with van der Waals surface area (Å²) >= 11 is 1.61. The van der Waals surface area contributed by atoms with Gasteiger partial charge in [0.1, 0.15) is 23.7 Å². The number of aliphatic hydroxyl groups excluding tert-OH is 1. The van der Waals surface area contributed by atoms with Crippen LogP contribution < -0.4 is 5.32 Å². The van der Waals surface area contributed by atoms with Crippen LogP contribution in [0.2, 0.25) is 0 Å². The number of thiophene rings is 1. The molecule has 2 N–H and O–H groups in total. The molecule has 1 amide bonds. The number of piperazine rings is 1. The van der Waals surface area contributed by atoms with E-state index in [4.69, 9.17) is 0 Å². The van der Waals surface area contributed by atoms with E-state index in [1.807, 2.05) is 35.2 Å². The van der Waals surface area contributed by atoms with Crippen LogP contribution >= 0.6 is 11.3 Å². The number of anilines is 1. The van der Waals surface area contributed by atoms with Gasteiger partial charge in [0.15, 0.2) is 0 Å². The van der Waals surface area contributed by atoms with E-state index >= 15 is 0 Å². The highest BCUT2D eigenvalue weighted by molar-refractivity contribution is 7.19. The van der Waals surface area contributed by atoms with Crippen molar-refractivity contribution in [2.45, 2.75) is 19.0 Å². The first-order chi connectivity index (χ1) is 17.2. The van der Waals surface area contributed by atoms with E-state index in [2.05, 4.69) is 25.1 Å². The number of fused-ring (bicyclic) bond motifs is 3. The molecule has 1 atom stereocenters. The van der Waals surface area contributed by atoms with Crippen LogP contribution in [0, 0.1) is 0 Å². The highest BCUT2D eigenvalue weighted by atomic mass is 32.1. The van der Waals surface area contributed by atoms with Crippen molar-refractivity contribution in [2.24, 2.45) is 0 Å². The number of aliphatic hydroxyl groups is 1. The van der Waals surface area contributed by atoms with E-state index in [1.165, 1.54) is 5.56 Å². The second-order valence-corrected chi connectivity index (χ2v) is 10.2. The Bertz CT molecular complexity index is 1150. The van der Waals surface area contributed by atoms with Gasteiger partial charge in [0.25, 0.3) is 0 Å². The third-order valence-corrected chi connectivity index (χ3v) is 8.03. The molecule has 4 heterocycles. The van der Waals surface area contributed by atoms with Crippen LogP contribution in [0.3, 0.4) is 0 Å². The van der Waals surface area contributed by atoms with Gasteiger partial charge in [0.05, 0.1) is 31.1 Å². The van der Waals surface area contributed by atoms with Crippen molar-refractivity contribution >= 4 is 33.3 Å². The number of aromatic nitrogens is 2. The molecule has 2 aliphatic heterocycles. The lowest BCUT2D eigenvalue weighted by atomic mass is 10.0. The molecule has 0 spiro atoms. The number of benzene rings is 1. The van der Waals surface area contributed by atoms with Crippen molar-refractivity contribution in [3.63, 3.8) is 0 Å². The van der Waals surface area contributed by atoms with Crippen LogP contribution in [0.1, 0.15) is 22.0 Å². The van der Waals surface area contributed by atoms with Gasteiger partial charge in [-0.25, -0.2) is 14.4 Å². The summed E-state index contributed by atoms with van der Waals surface area (Å²) < 4.78 is 12.6. The Morgan fingerprint density at radius 3 is 2.63 bits per heavy atom. The third-order valence-electron chi connectivity index (χ3n) is 6.91. The smallest absolute Gasteiger partial charge is 0.237 e. The van der Waals surface area contributed by atoms with Crippen LogP contribution in [0.15, 0.2) is 36.7 Å². The van der Waals surface area contributed by atoms with Gasteiger partial charge in [-0.3, -0.25) is 14.6 Å². The summed E-state index contributed by atoms with van der Waals surface area (Å²) in [6, 6.07) is 9.57. The van der Waals surface area contributed by atoms with E-state index in [-0.39, 0.29) is 25.2 Å². The SMILES string of the molecule is O=C(CN1CCN(CCF)CC1)N1CCc2c(sc3ncnc(N[C@H](CO)c4ccccc4)c23)C1. The van der Waals surface area contributed by atoms with Gasteiger partial charge >= 0.3 is 0 Å². The van der Waals surface area contributed by atoms with Crippen molar-refractivity contribution in [2.75, 3.05) is 64.4 Å². The van der Waals surface area contributed by atoms with Crippen LogP contribution in [0.5, 0.6) is 0 Å². The van der Waals surface area contributed by atoms with E-state index in [9.17, 15) is 14.3 Å². The quantitative estimate of drug-likeness (QED) is 0.493. The summed E-state index contributed by atoms with van der Waals surface area (Å²) in [5.74, 6) is 0.863. The molecule has 2 aliphatic rings. The fourth-order valence-corrected chi connectivity index (χ4v) is 6.12. The lowest BCUT2D eigenvalue weighted by molar-refractivity contribution is -0.133. The molecule has 0 unspecified atom stereocenters. The number of hydrogen-bond donors (Lipinski definition) is 2. The van der Waals surface area contributed by atoms with Crippen molar-refractivity contribution in [3.8, 4) is 0 Å². The molecule has 35 heavy (non-hydrogen) atoms. The van der Waals surface area contributed by atoms with Gasteiger partial charge in [-0.1, -0.05) is 30.3 Å². The maximum Gasteiger partial charge on any atom is 0.237 e. The number of halogens is 1. The zero-order chi connectivity index (χ0) is 24.2. The van der Waals surface area contributed by atoms with E-state index in [1.54, 1.807) is 17.7 Å². The van der Waals surface area contributed by atoms with Gasteiger partial charge in [-0.15, -0.1) is 11.3 Å². The number of carbonyl (C=O) groups is 1. The summed E-state index contributed by atoms with van der Waals surface area (Å²) in [5.41, 5.74) is 2.19. The number of nitrogens with zero attached hydrogens (tertiary/aromatic N) is 5. The number of rotatable bonds is 8. The van der Waals surface area contributed by atoms with E-state index < -0.39 is 0 Å². The number of hydrogen-bond acceptors (Lipinski definition) is 8. The average molecular weight is 499 g/mol. The van der Waals surface area contributed by atoms with Gasteiger partial charge in [0.2, 0.25) is 5.91 Å². The van der Waals surface area contributed by atoms with Crippen LogP contribution in [0.25, 0.3) is 10.2 Å². The molecule has 5 rings (SSSR count). The van der Waals surface area contributed by atoms with Gasteiger partial charge in [0, 0.05) is 44.1 Å². The number of carbonyl (C=O) groups excluding carboxylic acids is 1. The molecule has 2 aromatic heterocycles. The maximum absolute atomic E-state index is 13.1. The molecular weight excluding hydrogens is 467 g/mol. The minimum Gasteiger partial charge on any atom is -0.394 e. The van der Waals surface area contributed by atoms with Crippen LogP contribution in [-0.2, 0) is 17.8 Å². The van der Waals surface area contributed by atoms with Gasteiger partial charge < -0.3 is 15.3 Å². The Kier molecular flexibility index (Phi) is 7.52. The predicted octanol–water partition coefficient (Wildman–Crippen LogP) is 2.31. The molecule has 0 radical (unpaired) electrons. The molecular formula is C25H31FN6O2S. The summed E-state index contributed by atoms with van der Waals surface area (Å²) in [5, 5.41) is 14.4. The monoisotopic (exact) mass is 498 g/mol. The summed E-state index contributed by atoms with van der Waals surface area (Å²) in [4.78, 5) is 30.3. The Morgan fingerprint density at radius 2 is 1.89 bits per heavy atom. The van der Waals surface area contributed by atoms with Gasteiger partial charge in [-0.2, -0.15) is 0 Å². The normalized spacial score (nSPS) is 17.9. The second kappa shape index (κ2) is 10.9. The Hall–Kier alpha value is -2.66. The molecule has 8 nitrogen and oxygen atoms in total. The molecule has 0 bridgehead atoms. The summed E-state index contributed by atoms with van der Waals surface area (Å²) in [7, 11) is 0. The van der Waals surface area contributed by atoms with Crippen molar-refractivity contribution in [1.29, 1.82) is 0 Å². The van der Waals surface area contributed by atoms with Crippen molar-refractivity contribution < 1.29 is 14.3 Å². The minimum atomic E-state index is -0.321. The first-order valence-corrected chi connectivity index (χ1v) is 12.9. The number of nitrogens with one attached hydrogen (secondary N) is 1. The Labute approximate surface area is 208 Å². The maximum atomic E-state index is 13.1. The molecule has 1 saturated heterocycles. The zero-order valence-electron chi connectivity index (χ0n) is 19.7. The largest absolute Gasteiger partial charge is 0.394 e. The average Bonchev–Trinajstić information content (AvgIpc) is 3.27. The van der Waals surface area contributed by atoms with Crippen LogP contribution in [-0.4, -0.2) is 94.8 Å². The molecule has 3 aromatic rings. The fraction of sp³-hybridized carbons (Fsp3) is 0.480. The number of amides is 1. The third kappa shape index (κ3) is 5.30. The Balaban J connectivity index is 1.28. The first-order valence-electron chi connectivity index (χ1n) is 12.1.